The largest absolute Gasteiger partial charge is 0.497 e. The zero-order valence-corrected chi connectivity index (χ0v) is 20.1. The number of sulfonamides is 1. The van der Waals surface area contributed by atoms with Gasteiger partial charge in [-0.1, -0.05) is 41.7 Å². The summed E-state index contributed by atoms with van der Waals surface area (Å²) in [6.45, 7) is 0.328. The Morgan fingerprint density at radius 1 is 1.00 bits per heavy atom. The minimum Gasteiger partial charge on any atom is -0.497 e. The number of rotatable bonds is 7. The van der Waals surface area contributed by atoms with Crippen molar-refractivity contribution < 1.29 is 17.9 Å². The van der Waals surface area contributed by atoms with Crippen LogP contribution >= 0.6 is 11.3 Å². The number of thiazole rings is 1. The Balaban J connectivity index is 1.72. The monoisotopic (exact) mass is 481 g/mol. The van der Waals surface area contributed by atoms with Crippen LogP contribution in [0.4, 0.5) is 5.13 Å². The Morgan fingerprint density at radius 3 is 2.33 bits per heavy atom. The number of amides is 1. The van der Waals surface area contributed by atoms with Gasteiger partial charge >= 0.3 is 0 Å². The average molecular weight is 482 g/mol. The van der Waals surface area contributed by atoms with E-state index in [9.17, 15) is 13.2 Å². The second-order valence-corrected chi connectivity index (χ2v) is 10.7. The molecule has 1 amide bonds. The topological polar surface area (TPSA) is 79.8 Å². The lowest BCUT2D eigenvalue weighted by molar-refractivity contribution is 0.0985. The number of fused-ring (bicyclic) bond motifs is 1. The fraction of sp³-hybridized carbons (Fsp3) is 0.167. The number of carbonyl (C=O) groups is 1. The van der Waals surface area contributed by atoms with E-state index >= 15 is 0 Å². The normalized spacial score (nSPS) is 11.6. The summed E-state index contributed by atoms with van der Waals surface area (Å²) in [6, 6.07) is 21.2. The van der Waals surface area contributed by atoms with Crippen LogP contribution in [-0.4, -0.2) is 44.8 Å². The molecular formula is C24H23N3O4S2. The first kappa shape index (κ1) is 22.9. The minimum atomic E-state index is -3.58. The van der Waals surface area contributed by atoms with E-state index < -0.39 is 10.0 Å². The molecule has 0 fully saturated rings. The highest BCUT2D eigenvalue weighted by atomic mass is 32.2. The van der Waals surface area contributed by atoms with Gasteiger partial charge in [0, 0.05) is 19.7 Å². The molecule has 0 saturated carbocycles. The van der Waals surface area contributed by atoms with Crippen molar-refractivity contribution in [2.24, 2.45) is 0 Å². The molecule has 3 aromatic carbocycles. The average Bonchev–Trinajstić information content (AvgIpc) is 3.25. The zero-order valence-electron chi connectivity index (χ0n) is 18.4. The third-order valence-corrected chi connectivity index (χ3v) is 7.99. The number of anilines is 1. The molecule has 1 heterocycles. The Labute approximate surface area is 196 Å². The Kier molecular flexibility index (Phi) is 6.46. The first-order chi connectivity index (χ1) is 15.8. The van der Waals surface area contributed by atoms with Gasteiger partial charge in [-0.15, -0.1) is 0 Å². The number of benzene rings is 3. The molecular weight excluding hydrogens is 458 g/mol. The van der Waals surface area contributed by atoms with E-state index in [4.69, 9.17) is 4.74 Å². The second-order valence-electron chi connectivity index (χ2n) is 7.52. The SMILES string of the molecule is COc1ccc2nc(N(Cc3ccccc3)C(=O)c3ccc(S(=O)(=O)N(C)C)cc3)sc2c1. The van der Waals surface area contributed by atoms with Crippen molar-refractivity contribution in [3.63, 3.8) is 0 Å². The van der Waals surface area contributed by atoms with Gasteiger partial charge in [0.15, 0.2) is 5.13 Å². The van der Waals surface area contributed by atoms with Crippen molar-refractivity contribution in [3.8, 4) is 5.75 Å². The van der Waals surface area contributed by atoms with Crippen LogP contribution in [-0.2, 0) is 16.6 Å². The van der Waals surface area contributed by atoms with Crippen LogP contribution in [0, 0.1) is 0 Å². The molecule has 0 spiro atoms. The predicted molar refractivity (Wildman–Crippen MR) is 130 cm³/mol. The van der Waals surface area contributed by atoms with Crippen molar-refractivity contribution in [2.75, 3.05) is 26.1 Å². The van der Waals surface area contributed by atoms with Crippen LogP contribution < -0.4 is 9.64 Å². The molecule has 0 aliphatic rings. The Bertz CT molecular complexity index is 1380. The van der Waals surface area contributed by atoms with Gasteiger partial charge in [0.2, 0.25) is 10.0 Å². The fourth-order valence-electron chi connectivity index (χ4n) is 3.26. The van der Waals surface area contributed by atoms with Gasteiger partial charge in [-0.3, -0.25) is 9.69 Å². The van der Waals surface area contributed by atoms with E-state index in [1.807, 2.05) is 48.5 Å². The number of hydrogen-bond donors (Lipinski definition) is 0. The molecule has 0 bridgehead atoms. The molecule has 7 nitrogen and oxygen atoms in total. The highest BCUT2D eigenvalue weighted by Gasteiger charge is 2.23. The summed E-state index contributed by atoms with van der Waals surface area (Å²) >= 11 is 1.40. The van der Waals surface area contributed by atoms with Gasteiger partial charge in [0.05, 0.1) is 28.8 Å². The lowest BCUT2D eigenvalue weighted by Gasteiger charge is -2.20. The number of carbonyl (C=O) groups excluding carboxylic acids is 1. The highest BCUT2D eigenvalue weighted by molar-refractivity contribution is 7.89. The van der Waals surface area contributed by atoms with Gasteiger partial charge in [0.1, 0.15) is 5.75 Å². The van der Waals surface area contributed by atoms with E-state index in [2.05, 4.69) is 4.98 Å². The summed E-state index contributed by atoms with van der Waals surface area (Å²) in [5.74, 6) is 0.454. The van der Waals surface area contributed by atoms with Crippen molar-refractivity contribution in [2.45, 2.75) is 11.4 Å². The number of hydrogen-bond acceptors (Lipinski definition) is 6. The molecule has 0 aliphatic carbocycles. The van der Waals surface area contributed by atoms with E-state index in [1.54, 1.807) is 12.0 Å². The molecule has 0 unspecified atom stereocenters. The summed E-state index contributed by atoms with van der Waals surface area (Å²) in [5, 5.41) is 0.553. The van der Waals surface area contributed by atoms with Crippen molar-refractivity contribution in [3.05, 3.63) is 83.9 Å². The van der Waals surface area contributed by atoms with E-state index in [0.717, 1.165) is 25.8 Å². The Morgan fingerprint density at radius 2 is 1.70 bits per heavy atom. The molecule has 4 rings (SSSR count). The van der Waals surface area contributed by atoms with Crippen LogP contribution in [0.25, 0.3) is 10.2 Å². The Hall–Kier alpha value is -3.27. The third kappa shape index (κ3) is 4.75. The number of methoxy groups -OCH3 is 1. The zero-order chi connectivity index (χ0) is 23.6. The molecule has 4 aromatic rings. The molecule has 0 saturated heterocycles. The van der Waals surface area contributed by atoms with E-state index in [-0.39, 0.29) is 10.8 Å². The van der Waals surface area contributed by atoms with Crippen molar-refractivity contribution in [1.29, 1.82) is 0 Å². The van der Waals surface area contributed by atoms with Crippen LogP contribution in [0.15, 0.2) is 77.7 Å². The highest BCUT2D eigenvalue weighted by Crippen LogP contribution is 2.33. The fourth-order valence-corrected chi connectivity index (χ4v) is 5.16. The first-order valence-electron chi connectivity index (χ1n) is 10.1. The molecule has 0 aliphatic heterocycles. The maximum atomic E-state index is 13.6. The first-order valence-corrected chi connectivity index (χ1v) is 12.4. The van der Waals surface area contributed by atoms with Crippen LogP contribution in [0.1, 0.15) is 15.9 Å². The van der Waals surface area contributed by atoms with Crippen molar-refractivity contribution in [1.82, 2.24) is 9.29 Å². The van der Waals surface area contributed by atoms with E-state index in [1.165, 1.54) is 49.7 Å². The lowest BCUT2D eigenvalue weighted by Crippen LogP contribution is -2.30. The van der Waals surface area contributed by atoms with Gasteiger partial charge < -0.3 is 4.74 Å². The van der Waals surface area contributed by atoms with Crippen LogP contribution in [0.2, 0.25) is 0 Å². The van der Waals surface area contributed by atoms with Gasteiger partial charge in [-0.05, 0) is 48.0 Å². The summed E-state index contributed by atoms with van der Waals surface area (Å²) in [5.41, 5.74) is 2.10. The predicted octanol–water partition coefficient (Wildman–Crippen LogP) is 4.40. The molecule has 170 valence electrons. The number of ether oxygens (including phenoxy) is 1. The second kappa shape index (κ2) is 9.30. The summed E-state index contributed by atoms with van der Waals surface area (Å²) in [7, 11) is 0.968. The summed E-state index contributed by atoms with van der Waals surface area (Å²) in [4.78, 5) is 20.0. The summed E-state index contributed by atoms with van der Waals surface area (Å²) < 4.78 is 32.1. The molecule has 33 heavy (non-hydrogen) atoms. The molecule has 0 radical (unpaired) electrons. The van der Waals surface area contributed by atoms with E-state index in [0.29, 0.717) is 17.2 Å². The van der Waals surface area contributed by atoms with Crippen molar-refractivity contribution >= 4 is 42.6 Å². The quantitative estimate of drug-likeness (QED) is 0.391. The minimum absolute atomic E-state index is 0.130. The molecule has 1 aromatic heterocycles. The maximum absolute atomic E-state index is 13.6. The smallest absolute Gasteiger partial charge is 0.260 e. The van der Waals surface area contributed by atoms with Gasteiger partial charge in [-0.2, -0.15) is 0 Å². The molecule has 0 atom stereocenters. The number of nitrogens with zero attached hydrogens (tertiary/aromatic N) is 3. The lowest BCUT2D eigenvalue weighted by atomic mass is 10.1. The standard InChI is InChI=1S/C24H23N3O4S2/c1-26(2)33(29,30)20-12-9-18(10-13-20)23(28)27(16-17-7-5-4-6-8-17)24-25-21-14-11-19(31-3)15-22(21)32-24/h4-15H,16H2,1-3H3. The molecule has 9 heteroatoms. The summed E-state index contributed by atoms with van der Waals surface area (Å²) in [6.07, 6.45) is 0. The van der Waals surface area contributed by atoms with Crippen LogP contribution in [0.5, 0.6) is 5.75 Å². The maximum Gasteiger partial charge on any atom is 0.260 e. The van der Waals surface area contributed by atoms with Gasteiger partial charge in [-0.25, -0.2) is 17.7 Å². The van der Waals surface area contributed by atoms with Gasteiger partial charge in [0.25, 0.3) is 5.91 Å². The number of aromatic nitrogens is 1. The third-order valence-electron chi connectivity index (χ3n) is 5.12. The van der Waals surface area contributed by atoms with Crippen LogP contribution in [0.3, 0.4) is 0 Å². The molecule has 0 N–H and O–H groups in total.